The van der Waals surface area contributed by atoms with Gasteiger partial charge in [-0.1, -0.05) is 77.6 Å². The first-order valence-electron chi connectivity index (χ1n) is 25.2. The van der Waals surface area contributed by atoms with Crippen LogP contribution in [-0.2, 0) is 95.3 Å². The standard InChI is InChI=1S/C29H50O10.C22H36O10/c1-6-7-8-9-11-14-17-27(38-24(4)32)28(39-25(5)33)18-15-12-10-13-16-19-29(34)36-21-26(37-23(3)31)20-35-22(2)30;1-15(30-18(4)25)21(31-19(5)26)11-9-7-6-8-10-12-22(27)32-20(13-28-16(2)23)14-29-17(3)24/h26-28H,6-21H2,1-5H3;15,20-21H,6-14H2,1-5H3. The molecule has 20 heteroatoms. The normalized spacial score (nSPS) is 12.8. The van der Waals surface area contributed by atoms with Crippen molar-refractivity contribution in [3.63, 3.8) is 0 Å². The fourth-order valence-electron chi connectivity index (χ4n) is 7.03. The van der Waals surface area contributed by atoms with E-state index < -0.39 is 84.4 Å². The Morgan fingerprint density at radius 1 is 0.310 bits per heavy atom. The van der Waals surface area contributed by atoms with E-state index in [1.807, 2.05) is 0 Å². The molecule has 0 aliphatic rings. The summed E-state index contributed by atoms with van der Waals surface area (Å²) >= 11 is 0. The Labute approximate surface area is 421 Å². The average molecular weight is 1020 g/mol. The van der Waals surface area contributed by atoms with Crippen LogP contribution in [-0.4, -0.2) is 123 Å². The maximum atomic E-state index is 12.0. The summed E-state index contributed by atoms with van der Waals surface area (Å²) in [4.78, 5) is 114. The highest BCUT2D eigenvalue weighted by molar-refractivity contribution is 5.71. The molecule has 0 aromatic heterocycles. The van der Waals surface area contributed by atoms with E-state index in [4.69, 9.17) is 47.4 Å². The molecule has 0 saturated carbocycles. The SMILES string of the molecule is CC(=O)OCC(COC(C)=O)OC(=O)CCCCCCCC(OC(C)=O)C(C)OC(C)=O.CCCCCCCCC(OC(C)=O)C(CCCCCCCC(=O)OCC(COC(C)=O)OC(C)=O)OC(C)=O. The first-order valence-corrected chi connectivity index (χ1v) is 25.2. The molecular weight excluding hydrogens is 933 g/mol. The molecule has 0 aliphatic carbocycles. The molecule has 0 fully saturated rings. The first kappa shape index (κ1) is 67.8. The van der Waals surface area contributed by atoms with Crippen molar-refractivity contribution in [1.29, 1.82) is 0 Å². The zero-order valence-electron chi connectivity index (χ0n) is 44.3. The highest BCUT2D eigenvalue weighted by Gasteiger charge is 2.27. The summed E-state index contributed by atoms with van der Waals surface area (Å²) < 4.78 is 51.2. The lowest BCUT2D eigenvalue weighted by molar-refractivity contribution is -0.166. The number of esters is 10. The van der Waals surface area contributed by atoms with Gasteiger partial charge in [-0.2, -0.15) is 0 Å². The number of hydrogen-bond donors (Lipinski definition) is 0. The molecule has 0 radical (unpaired) electrons. The van der Waals surface area contributed by atoms with Crippen LogP contribution in [0.15, 0.2) is 0 Å². The Kier molecular flexibility index (Phi) is 41.5. The van der Waals surface area contributed by atoms with Crippen molar-refractivity contribution in [2.45, 2.75) is 241 Å². The molecule has 0 aromatic rings. The van der Waals surface area contributed by atoms with E-state index in [2.05, 4.69) is 6.92 Å². The van der Waals surface area contributed by atoms with Gasteiger partial charge in [0.15, 0.2) is 12.2 Å². The summed E-state index contributed by atoms with van der Waals surface area (Å²) in [5.74, 6) is -4.60. The van der Waals surface area contributed by atoms with Gasteiger partial charge in [-0.3, -0.25) is 47.9 Å². The van der Waals surface area contributed by atoms with Crippen molar-refractivity contribution in [1.82, 2.24) is 0 Å². The van der Waals surface area contributed by atoms with Gasteiger partial charge in [0.1, 0.15) is 50.8 Å². The molecule has 5 atom stereocenters. The minimum absolute atomic E-state index is 0.173. The minimum atomic E-state index is -0.840. The number of ether oxygens (including phenoxy) is 10. The van der Waals surface area contributed by atoms with Crippen LogP contribution in [0.1, 0.15) is 204 Å². The monoisotopic (exact) mass is 1020 g/mol. The Bertz CT molecular complexity index is 1540. The summed E-state index contributed by atoms with van der Waals surface area (Å²) in [5.41, 5.74) is 0. The summed E-state index contributed by atoms with van der Waals surface area (Å²) in [7, 11) is 0. The van der Waals surface area contributed by atoms with E-state index in [-0.39, 0.29) is 51.2 Å². The topological polar surface area (TPSA) is 263 Å². The van der Waals surface area contributed by atoms with Crippen molar-refractivity contribution in [2.24, 2.45) is 0 Å². The Morgan fingerprint density at radius 3 is 1.00 bits per heavy atom. The van der Waals surface area contributed by atoms with Gasteiger partial charge in [0, 0.05) is 68.2 Å². The van der Waals surface area contributed by atoms with Crippen molar-refractivity contribution >= 4 is 59.7 Å². The van der Waals surface area contributed by atoms with Crippen LogP contribution in [0.2, 0.25) is 0 Å². The Balaban J connectivity index is 0. The highest BCUT2D eigenvalue weighted by Crippen LogP contribution is 2.21. The van der Waals surface area contributed by atoms with Gasteiger partial charge in [0.25, 0.3) is 0 Å². The summed E-state index contributed by atoms with van der Waals surface area (Å²) in [6.45, 7) is 13.5. The van der Waals surface area contributed by atoms with Gasteiger partial charge >= 0.3 is 59.7 Å². The molecule has 410 valence electrons. The number of carbonyl (C=O) groups is 10. The van der Waals surface area contributed by atoms with E-state index in [9.17, 15) is 47.9 Å². The molecule has 0 saturated heterocycles. The third-order valence-corrected chi connectivity index (χ3v) is 10.3. The van der Waals surface area contributed by atoms with Crippen molar-refractivity contribution in [2.75, 3.05) is 26.4 Å². The summed E-state index contributed by atoms with van der Waals surface area (Å²) in [6.07, 6.45) is 13.4. The van der Waals surface area contributed by atoms with Crippen LogP contribution in [0.4, 0.5) is 0 Å². The van der Waals surface area contributed by atoms with Crippen molar-refractivity contribution < 1.29 is 95.3 Å². The highest BCUT2D eigenvalue weighted by atomic mass is 16.6. The molecule has 0 amide bonds. The third kappa shape index (κ3) is 45.6. The predicted molar refractivity (Wildman–Crippen MR) is 257 cm³/mol. The van der Waals surface area contributed by atoms with Gasteiger partial charge in [0.2, 0.25) is 0 Å². The summed E-state index contributed by atoms with van der Waals surface area (Å²) in [5, 5.41) is 0. The van der Waals surface area contributed by atoms with Crippen LogP contribution in [0.3, 0.4) is 0 Å². The predicted octanol–water partition coefficient (Wildman–Crippen LogP) is 8.01. The van der Waals surface area contributed by atoms with Gasteiger partial charge < -0.3 is 47.4 Å². The molecule has 71 heavy (non-hydrogen) atoms. The van der Waals surface area contributed by atoms with Gasteiger partial charge in [0.05, 0.1) is 0 Å². The van der Waals surface area contributed by atoms with E-state index in [0.29, 0.717) is 32.1 Å². The second-order valence-electron chi connectivity index (χ2n) is 17.4. The maximum absolute atomic E-state index is 12.0. The Morgan fingerprint density at radius 2 is 0.620 bits per heavy atom. The lowest BCUT2D eigenvalue weighted by Crippen LogP contribution is -2.34. The van der Waals surface area contributed by atoms with Crippen LogP contribution in [0.25, 0.3) is 0 Å². The number of hydrogen-bond acceptors (Lipinski definition) is 20. The zero-order valence-corrected chi connectivity index (χ0v) is 44.3. The molecule has 0 aromatic carbocycles. The van der Waals surface area contributed by atoms with Gasteiger partial charge in [-0.15, -0.1) is 0 Å². The summed E-state index contributed by atoms with van der Waals surface area (Å²) in [6, 6.07) is 0. The second kappa shape index (κ2) is 43.5. The molecule has 0 bridgehead atoms. The van der Waals surface area contributed by atoms with E-state index in [0.717, 1.165) is 70.6 Å². The van der Waals surface area contributed by atoms with Crippen molar-refractivity contribution in [3.05, 3.63) is 0 Å². The largest absolute Gasteiger partial charge is 0.462 e. The van der Waals surface area contributed by atoms with Crippen molar-refractivity contribution in [3.8, 4) is 0 Å². The molecule has 5 unspecified atom stereocenters. The van der Waals surface area contributed by atoms with E-state index in [1.165, 1.54) is 74.7 Å². The minimum Gasteiger partial charge on any atom is -0.462 e. The fraction of sp³-hybridized carbons (Fsp3) is 0.804. The van der Waals surface area contributed by atoms with E-state index in [1.54, 1.807) is 6.92 Å². The Hall–Kier alpha value is -5.30. The number of unbranched alkanes of at least 4 members (excludes halogenated alkanes) is 13. The lowest BCUT2D eigenvalue weighted by atomic mass is 9.99. The second-order valence-corrected chi connectivity index (χ2v) is 17.4. The molecular formula is C51H86O20. The molecule has 0 aliphatic heterocycles. The van der Waals surface area contributed by atoms with E-state index >= 15 is 0 Å². The molecule has 0 spiro atoms. The van der Waals surface area contributed by atoms with Crippen LogP contribution in [0, 0.1) is 0 Å². The molecule has 0 rings (SSSR count). The average Bonchev–Trinajstić information content (AvgIpc) is 3.26. The fourth-order valence-corrected chi connectivity index (χ4v) is 7.03. The maximum Gasteiger partial charge on any atom is 0.306 e. The zero-order chi connectivity index (χ0) is 54.0. The third-order valence-electron chi connectivity index (χ3n) is 10.3. The smallest absolute Gasteiger partial charge is 0.306 e. The van der Waals surface area contributed by atoms with Crippen LogP contribution in [0.5, 0.6) is 0 Å². The number of rotatable bonds is 39. The molecule has 20 nitrogen and oxygen atoms in total. The lowest BCUT2D eigenvalue weighted by Gasteiger charge is -2.26. The van der Waals surface area contributed by atoms with Crippen LogP contribution < -0.4 is 0 Å². The molecule has 0 N–H and O–H groups in total. The van der Waals surface area contributed by atoms with Gasteiger partial charge in [-0.05, 0) is 58.3 Å². The quantitative estimate of drug-likeness (QED) is 0.0320. The van der Waals surface area contributed by atoms with Crippen LogP contribution >= 0.6 is 0 Å². The number of carbonyl (C=O) groups excluding carboxylic acids is 10. The van der Waals surface area contributed by atoms with Gasteiger partial charge in [-0.25, -0.2) is 0 Å². The molecule has 0 heterocycles. The first-order chi connectivity index (χ1) is 33.5.